The SMILES string of the molecule is CCS(=O)(=O)c1ccc([C@@H]2C[C@@]3(C)[C@@H](CC[C@@]3(O)C(F)(F)C(F)(F)F)[C@@H]3CCC4=CC(=O)CCC4=C23)cc1. The number of benzene rings is 1. The van der Waals surface area contributed by atoms with E-state index in [1.807, 2.05) is 0 Å². The van der Waals surface area contributed by atoms with Crippen molar-refractivity contribution in [3.8, 4) is 0 Å². The van der Waals surface area contributed by atoms with E-state index in [1.165, 1.54) is 26.0 Å². The second-order valence-electron chi connectivity index (χ2n) is 11.4. The summed E-state index contributed by atoms with van der Waals surface area (Å²) in [5, 5.41) is 11.3. The van der Waals surface area contributed by atoms with E-state index < -0.39 is 51.2 Å². The lowest BCUT2D eigenvalue weighted by atomic mass is 9.50. The highest BCUT2D eigenvalue weighted by molar-refractivity contribution is 7.91. The topological polar surface area (TPSA) is 71.4 Å². The zero-order valence-corrected chi connectivity index (χ0v) is 22.1. The lowest BCUT2D eigenvalue weighted by Gasteiger charge is -2.56. The molecule has 4 aliphatic carbocycles. The number of hydrogen-bond acceptors (Lipinski definition) is 4. The van der Waals surface area contributed by atoms with Gasteiger partial charge in [0.1, 0.15) is 5.60 Å². The summed E-state index contributed by atoms with van der Waals surface area (Å²) in [4.78, 5) is 12.2. The first-order chi connectivity index (χ1) is 17.6. The van der Waals surface area contributed by atoms with Gasteiger partial charge in [0.25, 0.3) is 0 Å². The van der Waals surface area contributed by atoms with Crippen LogP contribution in [0.5, 0.6) is 0 Å². The number of carbonyl (C=O) groups excluding carboxylic acids is 1. The number of aliphatic hydroxyl groups is 1. The van der Waals surface area contributed by atoms with Crippen LogP contribution in [0.25, 0.3) is 0 Å². The molecule has 2 saturated carbocycles. The third-order valence-corrected chi connectivity index (χ3v) is 11.5. The van der Waals surface area contributed by atoms with Crippen molar-refractivity contribution >= 4 is 15.6 Å². The molecule has 1 aromatic rings. The fraction of sp³-hybridized carbons (Fsp3) is 0.607. The summed E-state index contributed by atoms with van der Waals surface area (Å²) < 4.78 is 95.7. The third-order valence-electron chi connectivity index (χ3n) is 9.78. The van der Waals surface area contributed by atoms with Crippen LogP contribution in [0, 0.1) is 17.3 Å². The molecular weight excluding hydrogens is 527 g/mol. The Bertz CT molecular complexity index is 1330. The van der Waals surface area contributed by atoms with Crippen LogP contribution in [0.15, 0.2) is 52.0 Å². The fourth-order valence-corrected chi connectivity index (χ4v) is 8.67. The Balaban J connectivity index is 1.68. The molecule has 5 rings (SSSR count). The van der Waals surface area contributed by atoms with Gasteiger partial charge in [-0.2, -0.15) is 22.0 Å². The number of carbonyl (C=O) groups is 1. The van der Waals surface area contributed by atoms with Crippen LogP contribution < -0.4 is 0 Å². The number of ketones is 1. The lowest BCUT2D eigenvalue weighted by Crippen LogP contribution is -2.65. The number of fused-ring (bicyclic) bond motifs is 4. The molecule has 0 saturated heterocycles. The van der Waals surface area contributed by atoms with Gasteiger partial charge in [0, 0.05) is 17.8 Å². The van der Waals surface area contributed by atoms with Crippen LogP contribution in [0.4, 0.5) is 22.0 Å². The molecule has 0 heterocycles. The summed E-state index contributed by atoms with van der Waals surface area (Å²) in [5.74, 6) is -6.90. The summed E-state index contributed by atoms with van der Waals surface area (Å²) in [7, 11) is -3.50. The van der Waals surface area contributed by atoms with Gasteiger partial charge in [-0.05, 0) is 85.3 Å². The number of sulfone groups is 1. The van der Waals surface area contributed by atoms with Crippen molar-refractivity contribution in [2.45, 2.75) is 87.3 Å². The molecular formula is C28H31F5O4S. The minimum absolute atomic E-state index is 0.00850. The molecule has 1 aromatic carbocycles. The van der Waals surface area contributed by atoms with Crippen LogP contribution in [-0.2, 0) is 14.6 Å². The van der Waals surface area contributed by atoms with Gasteiger partial charge in [-0.15, -0.1) is 0 Å². The molecule has 208 valence electrons. The van der Waals surface area contributed by atoms with Crippen molar-refractivity contribution in [2.24, 2.45) is 17.3 Å². The van der Waals surface area contributed by atoms with E-state index in [4.69, 9.17) is 0 Å². The number of halogens is 5. The van der Waals surface area contributed by atoms with Crippen molar-refractivity contribution in [1.82, 2.24) is 0 Å². The molecule has 5 atom stereocenters. The van der Waals surface area contributed by atoms with Crippen molar-refractivity contribution in [3.05, 3.63) is 52.6 Å². The average Bonchev–Trinajstić information content (AvgIpc) is 3.14. The Kier molecular flexibility index (Phi) is 6.31. The minimum Gasteiger partial charge on any atom is -0.383 e. The number of allylic oxidation sites excluding steroid dienone is 4. The van der Waals surface area contributed by atoms with Crippen LogP contribution >= 0.6 is 0 Å². The monoisotopic (exact) mass is 558 g/mol. The average molecular weight is 559 g/mol. The number of alkyl halides is 5. The Morgan fingerprint density at radius 3 is 2.29 bits per heavy atom. The Morgan fingerprint density at radius 2 is 1.68 bits per heavy atom. The summed E-state index contributed by atoms with van der Waals surface area (Å²) in [6.07, 6.45) is -3.27. The van der Waals surface area contributed by atoms with Gasteiger partial charge in [0.15, 0.2) is 15.6 Å². The fourth-order valence-electron chi connectivity index (χ4n) is 7.79. The molecule has 4 aliphatic rings. The molecule has 0 radical (unpaired) electrons. The maximum atomic E-state index is 15.0. The molecule has 0 amide bonds. The normalized spacial score (nSPS) is 33.9. The third kappa shape index (κ3) is 3.76. The van der Waals surface area contributed by atoms with Gasteiger partial charge in [-0.3, -0.25) is 4.79 Å². The first-order valence-corrected chi connectivity index (χ1v) is 14.7. The second-order valence-corrected chi connectivity index (χ2v) is 13.7. The maximum Gasteiger partial charge on any atom is 0.456 e. The molecule has 1 N–H and O–H groups in total. The van der Waals surface area contributed by atoms with Crippen LogP contribution in [0.3, 0.4) is 0 Å². The predicted octanol–water partition coefficient (Wildman–Crippen LogP) is 6.31. The Hall–Kier alpha value is -2.07. The van der Waals surface area contributed by atoms with Crippen LogP contribution in [-0.4, -0.2) is 42.8 Å². The van der Waals surface area contributed by atoms with Gasteiger partial charge >= 0.3 is 12.1 Å². The van der Waals surface area contributed by atoms with Crippen LogP contribution in [0.2, 0.25) is 0 Å². The van der Waals surface area contributed by atoms with Crippen molar-refractivity contribution in [2.75, 3.05) is 5.75 Å². The summed E-state index contributed by atoms with van der Waals surface area (Å²) in [6.45, 7) is 2.88. The highest BCUT2D eigenvalue weighted by Gasteiger charge is 2.79. The van der Waals surface area contributed by atoms with E-state index in [-0.39, 0.29) is 35.2 Å². The van der Waals surface area contributed by atoms with Crippen molar-refractivity contribution in [1.29, 1.82) is 0 Å². The smallest absolute Gasteiger partial charge is 0.383 e. The molecule has 0 spiro atoms. The van der Waals surface area contributed by atoms with Gasteiger partial charge in [0.2, 0.25) is 0 Å². The van der Waals surface area contributed by atoms with Crippen LogP contribution in [0.1, 0.15) is 70.3 Å². The van der Waals surface area contributed by atoms with E-state index in [2.05, 4.69) is 0 Å². The number of hydrogen-bond donors (Lipinski definition) is 1. The van der Waals surface area contributed by atoms with Crippen molar-refractivity contribution in [3.63, 3.8) is 0 Å². The number of rotatable bonds is 4. The lowest BCUT2D eigenvalue weighted by molar-refractivity contribution is -0.362. The summed E-state index contributed by atoms with van der Waals surface area (Å²) in [5.41, 5.74) is -1.61. The van der Waals surface area contributed by atoms with E-state index in [1.54, 1.807) is 18.2 Å². The zero-order chi connectivity index (χ0) is 27.9. The molecule has 4 nitrogen and oxygen atoms in total. The quantitative estimate of drug-likeness (QED) is 0.440. The van der Waals surface area contributed by atoms with Gasteiger partial charge in [0.05, 0.1) is 10.6 Å². The van der Waals surface area contributed by atoms with Gasteiger partial charge < -0.3 is 5.11 Å². The molecule has 0 unspecified atom stereocenters. The zero-order valence-electron chi connectivity index (χ0n) is 21.2. The Labute approximate surface area is 218 Å². The standard InChI is InChI=1S/C28H31F5O4S/c1-3-38(36,37)19-8-4-16(5-9-19)22-15-25(2)23(12-13-26(25,35)27(29,30)28(31,32)33)21-10-6-17-14-18(34)7-11-20(17)24(21)22/h4-5,8-9,14,21-23,35H,3,6-7,10-13,15H2,1-2H3/t21-,22-,23-,25-,26-/m0/s1. The van der Waals surface area contributed by atoms with Gasteiger partial charge in [-0.1, -0.05) is 31.6 Å². The maximum absolute atomic E-state index is 15.0. The first-order valence-electron chi connectivity index (χ1n) is 13.0. The molecule has 0 bridgehead atoms. The Morgan fingerprint density at radius 1 is 1.03 bits per heavy atom. The molecule has 10 heteroatoms. The molecule has 0 aliphatic heterocycles. The van der Waals surface area contributed by atoms with Crippen molar-refractivity contribution < 1.29 is 40.3 Å². The molecule has 0 aromatic heterocycles. The van der Waals surface area contributed by atoms with E-state index in [0.29, 0.717) is 31.2 Å². The largest absolute Gasteiger partial charge is 0.456 e. The highest BCUT2D eigenvalue weighted by Crippen LogP contribution is 2.70. The first kappa shape index (κ1) is 27.5. The summed E-state index contributed by atoms with van der Waals surface area (Å²) in [6, 6.07) is 6.09. The molecule has 38 heavy (non-hydrogen) atoms. The second kappa shape index (κ2) is 8.71. The van der Waals surface area contributed by atoms with E-state index in [0.717, 1.165) is 16.7 Å². The minimum atomic E-state index is -5.91. The van der Waals surface area contributed by atoms with E-state index in [9.17, 15) is 31.5 Å². The van der Waals surface area contributed by atoms with E-state index >= 15 is 8.78 Å². The predicted molar refractivity (Wildman–Crippen MR) is 130 cm³/mol. The summed E-state index contributed by atoms with van der Waals surface area (Å²) >= 11 is 0. The van der Waals surface area contributed by atoms with Gasteiger partial charge in [-0.25, -0.2) is 8.42 Å². The molecule has 2 fully saturated rings. The highest BCUT2D eigenvalue weighted by atomic mass is 32.2.